The van der Waals surface area contributed by atoms with Gasteiger partial charge >= 0.3 is 7.12 Å². The fraction of sp³-hybridized carbons (Fsp3) is 0.300. The average Bonchev–Trinajstić information content (AvgIpc) is 3.09. The summed E-state index contributed by atoms with van der Waals surface area (Å²) in [4.78, 5) is 0. The number of hydrogen-bond donors (Lipinski definition) is 0. The number of benzene rings is 2. The van der Waals surface area contributed by atoms with Crippen molar-refractivity contribution < 1.29 is 13.7 Å². The Morgan fingerprint density at radius 2 is 1.50 bits per heavy atom. The third kappa shape index (κ3) is 2.47. The summed E-state index contributed by atoms with van der Waals surface area (Å²) in [7, 11) is -0.340. The zero-order valence-electron chi connectivity index (χ0n) is 14.5. The number of fused-ring (bicyclic) bond motifs is 1. The molecule has 0 saturated carbocycles. The molecule has 4 heteroatoms. The van der Waals surface area contributed by atoms with Crippen molar-refractivity contribution in [3.63, 3.8) is 0 Å². The van der Waals surface area contributed by atoms with E-state index in [0.717, 1.165) is 27.6 Å². The first-order valence-corrected chi connectivity index (χ1v) is 8.29. The van der Waals surface area contributed by atoms with E-state index in [1.807, 2.05) is 12.1 Å². The molecule has 0 spiro atoms. The van der Waals surface area contributed by atoms with Crippen molar-refractivity contribution in [2.75, 3.05) is 0 Å². The van der Waals surface area contributed by atoms with E-state index >= 15 is 0 Å². The summed E-state index contributed by atoms with van der Waals surface area (Å²) in [5, 5.41) is 1.11. The lowest BCUT2D eigenvalue weighted by atomic mass is 9.78. The van der Waals surface area contributed by atoms with Gasteiger partial charge in [-0.25, -0.2) is 0 Å². The molecule has 0 aliphatic carbocycles. The Labute approximate surface area is 142 Å². The molecule has 1 aromatic heterocycles. The van der Waals surface area contributed by atoms with Crippen molar-refractivity contribution in [2.24, 2.45) is 0 Å². The van der Waals surface area contributed by atoms with E-state index in [1.54, 1.807) is 6.26 Å². The van der Waals surface area contributed by atoms with Gasteiger partial charge in [-0.05, 0) is 62.5 Å². The van der Waals surface area contributed by atoms with Crippen molar-refractivity contribution in [1.82, 2.24) is 0 Å². The molecule has 0 bridgehead atoms. The summed E-state index contributed by atoms with van der Waals surface area (Å²) in [6, 6.07) is 16.6. The first-order valence-electron chi connectivity index (χ1n) is 8.29. The first-order chi connectivity index (χ1) is 11.4. The highest BCUT2D eigenvalue weighted by Gasteiger charge is 2.51. The van der Waals surface area contributed by atoms with E-state index in [4.69, 9.17) is 13.7 Å². The Morgan fingerprint density at radius 1 is 0.792 bits per heavy atom. The van der Waals surface area contributed by atoms with Gasteiger partial charge in [0.1, 0.15) is 5.58 Å². The Balaban J connectivity index is 1.69. The fourth-order valence-corrected chi connectivity index (χ4v) is 2.99. The highest BCUT2D eigenvalue weighted by Crippen LogP contribution is 2.36. The topological polar surface area (TPSA) is 31.6 Å². The highest BCUT2D eigenvalue weighted by atomic mass is 16.7. The maximum Gasteiger partial charge on any atom is 0.494 e. The number of hydrogen-bond acceptors (Lipinski definition) is 3. The van der Waals surface area contributed by atoms with Crippen molar-refractivity contribution >= 4 is 23.6 Å². The van der Waals surface area contributed by atoms with Crippen LogP contribution < -0.4 is 5.46 Å². The molecule has 1 fully saturated rings. The lowest BCUT2D eigenvalue weighted by Gasteiger charge is -2.32. The van der Waals surface area contributed by atoms with Crippen LogP contribution >= 0.6 is 0 Å². The van der Waals surface area contributed by atoms with Gasteiger partial charge in [0.05, 0.1) is 17.5 Å². The van der Waals surface area contributed by atoms with Crippen LogP contribution in [0.1, 0.15) is 27.7 Å². The molecule has 0 radical (unpaired) electrons. The Bertz CT molecular complexity index is 879. The quantitative estimate of drug-likeness (QED) is 0.656. The predicted molar refractivity (Wildman–Crippen MR) is 97.4 cm³/mol. The van der Waals surface area contributed by atoms with Crippen molar-refractivity contribution in [3.05, 3.63) is 54.8 Å². The van der Waals surface area contributed by atoms with Gasteiger partial charge in [0.25, 0.3) is 0 Å². The van der Waals surface area contributed by atoms with Crippen LogP contribution in [0.15, 0.2) is 59.2 Å². The molecule has 1 aliphatic rings. The first kappa shape index (κ1) is 15.5. The molecule has 0 atom stereocenters. The van der Waals surface area contributed by atoms with E-state index < -0.39 is 0 Å². The predicted octanol–water partition coefficient (Wildman–Crippen LogP) is 4.40. The largest absolute Gasteiger partial charge is 0.494 e. The lowest BCUT2D eigenvalue weighted by Crippen LogP contribution is -2.41. The molecule has 122 valence electrons. The van der Waals surface area contributed by atoms with Crippen LogP contribution in [-0.4, -0.2) is 18.3 Å². The van der Waals surface area contributed by atoms with Crippen molar-refractivity contribution in [1.29, 1.82) is 0 Å². The second-order valence-electron chi connectivity index (χ2n) is 7.39. The minimum atomic E-state index is -0.340. The minimum Gasteiger partial charge on any atom is -0.464 e. The zero-order valence-corrected chi connectivity index (χ0v) is 14.5. The molecule has 1 aliphatic heterocycles. The Hall–Kier alpha value is -2.04. The summed E-state index contributed by atoms with van der Waals surface area (Å²) in [5.41, 5.74) is 3.58. The van der Waals surface area contributed by atoms with Gasteiger partial charge in [-0.3, -0.25) is 0 Å². The van der Waals surface area contributed by atoms with E-state index in [1.165, 1.54) is 0 Å². The van der Waals surface area contributed by atoms with Crippen LogP contribution in [0.25, 0.3) is 22.1 Å². The molecule has 3 nitrogen and oxygen atoms in total. The van der Waals surface area contributed by atoms with Crippen molar-refractivity contribution in [2.45, 2.75) is 38.9 Å². The van der Waals surface area contributed by atoms with Gasteiger partial charge < -0.3 is 13.7 Å². The van der Waals surface area contributed by atoms with Crippen LogP contribution in [0.2, 0.25) is 0 Å². The Morgan fingerprint density at radius 3 is 2.25 bits per heavy atom. The summed E-state index contributed by atoms with van der Waals surface area (Å²) in [5.74, 6) is 0. The lowest BCUT2D eigenvalue weighted by molar-refractivity contribution is 0.00578. The van der Waals surface area contributed by atoms with Crippen LogP contribution in [0.4, 0.5) is 0 Å². The number of furan rings is 1. The van der Waals surface area contributed by atoms with E-state index in [2.05, 4.69) is 64.1 Å². The molecule has 0 N–H and O–H groups in total. The van der Waals surface area contributed by atoms with E-state index in [0.29, 0.717) is 0 Å². The monoisotopic (exact) mass is 320 g/mol. The standard InChI is InChI=1S/C20H21BO3/c1-19(2)20(3,4)24-21(23-19)17-7-5-6-14(13-17)15-8-9-18-16(12-15)10-11-22-18/h5-13H,1-4H3. The summed E-state index contributed by atoms with van der Waals surface area (Å²) in [6.45, 7) is 8.29. The average molecular weight is 320 g/mol. The van der Waals surface area contributed by atoms with Crippen LogP contribution in [-0.2, 0) is 9.31 Å². The van der Waals surface area contributed by atoms with E-state index in [9.17, 15) is 0 Å². The molecular formula is C20H21BO3. The minimum absolute atomic E-state index is 0.330. The van der Waals surface area contributed by atoms with E-state index in [-0.39, 0.29) is 18.3 Å². The van der Waals surface area contributed by atoms with Gasteiger partial charge in [-0.1, -0.05) is 30.3 Å². The summed E-state index contributed by atoms with van der Waals surface area (Å²) < 4.78 is 17.7. The third-order valence-electron chi connectivity index (χ3n) is 5.20. The maximum absolute atomic E-state index is 6.16. The molecule has 0 amide bonds. The van der Waals surface area contributed by atoms with Crippen LogP contribution in [0.5, 0.6) is 0 Å². The summed E-state index contributed by atoms with van der Waals surface area (Å²) in [6.07, 6.45) is 1.72. The molecule has 24 heavy (non-hydrogen) atoms. The molecule has 3 aromatic rings. The smallest absolute Gasteiger partial charge is 0.464 e. The molecule has 2 heterocycles. The molecule has 4 rings (SSSR count). The Kier molecular flexibility index (Phi) is 3.38. The highest BCUT2D eigenvalue weighted by molar-refractivity contribution is 6.62. The third-order valence-corrected chi connectivity index (χ3v) is 5.20. The maximum atomic E-state index is 6.16. The van der Waals surface area contributed by atoms with Crippen LogP contribution in [0.3, 0.4) is 0 Å². The normalized spacial score (nSPS) is 19.1. The summed E-state index contributed by atoms with van der Waals surface area (Å²) >= 11 is 0. The fourth-order valence-electron chi connectivity index (χ4n) is 2.99. The SMILES string of the molecule is CC1(C)OB(c2cccc(-c3ccc4occc4c3)c2)OC1(C)C. The van der Waals surface area contributed by atoms with Gasteiger partial charge in [-0.2, -0.15) is 0 Å². The molecule has 1 saturated heterocycles. The van der Waals surface area contributed by atoms with Gasteiger partial charge in [-0.15, -0.1) is 0 Å². The van der Waals surface area contributed by atoms with Gasteiger partial charge in [0.2, 0.25) is 0 Å². The zero-order chi connectivity index (χ0) is 16.9. The van der Waals surface area contributed by atoms with Crippen LogP contribution in [0, 0.1) is 0 Å². The molecule has 2 aromatic carbocycles. The second-order valence-corrected chi connectivity index (χ2v) is 7.39. The van der Waals surface area contributed by atoms with Gasteiger partial charge in [0.15, 0.2) is 0 Å². The molecular weight excluding hydrogens is 299 g/mol. The second kappa shape index (κ2) is 5.23. The van der Waals surface area contributed by atoms with Crippen molar-refractivity contribution in [3.8, 4) is 11.1 Å². The number of rotatable bonds is 2. The molecule has 0 unspecified atom stereocenters. The van der Waals surface area contributed by atoms with Gasteiger partial charge in [0, 0.05) is 5.39 Å².